The molecule has 1 aromatic heterocycles. The fourth-order valence-corrected chi connectivity index (χ4v) is 1.93. The molecule has 0 aliphatic carbocycles. The first-order valence-electron chi connectivity index (χ1n) is 6.48. The number of hydrogen-bond acceptors (Lipinski definition) is 8. The smallest absolute Gasteiger partial charge is 0.324 e. The summed E-state index contributed by atoms with van der Waals surface area (Å²) in [4.78, 5) is 11.9. The van der Waals surface area contributed by atoms with Crippen molar-refractivity contribution in [1.82, 2.24) is 15.0 Å². The predicted molar refractivity (Wildman–Crippen MR) is 79.6 cm³/mol. The van der Waals surface area contributed by atoms with Crippen molar-refractivity contribution in [1.29, 1.82) is 0 Å². The van der Waals surface area contributed by atoms with Crippen LogP contribution in [0.5, 0.6) is 17.8 Å². The highest BCUT2D eigenvalue weighted by atomic mass is 16.5. The van der Waals surface area contributed by atoms with Crippen LogP contribution in [-0.4, -0.2) is 36.3 Å². The molecule has 0 fully saturated rings. The molecule has 0 bridgehead atoms. The number of aryl methyl sites for hydroxylation is 2. The van der Waals surface area contributed by atoms with Gasteiger partial charge in [0.2, 0.25) is 0 Å². The molecule has 0 aliphatic rings. The van der Waals surface area contributed by atoms with E-state index in [2.05, 4.69) is 25.2 Å². The van der Waals surface area contributed by atoms with Gasteiger partial charge in [-0.3, -0.25) is 0 Å². The summed E-state index contributed by atoms with van der Waals surface area (Å²) in [6.45, 7) is 3.92. The van der Waals surface area contributed by atoms with E-state index in [0.717, 1.165) is 11.1 Å². The van der Waals surface area contributed by atoms with Crippen LogP contribution in [0.4, 0.5) is 11.6 Å². The van der Waals surface area contributed by atoms with Crippen LogP contribution in [-0.2, 0) is 0 Å². The molecule has 0 amide bonds. The molecule has 2 rings (SSSR count). The van der Waals surface area contributed by atoms with Crippen molar-refractivity contribution in [3.05, 3.63) is 23.3 Å². The van der Waals surface area contributed by atoms with Crippen molar-refractivity contribution in [3.63, 3.8) is 0 Å². The van der Waals surface area contributed by atoms with E-state index in [1.165, 1.54) is 14.2 Å². The number of hydrogen-bond donors (Lipinski definition) is 0. The molecule has 8 nitrogen and oxygen atoms in total. The average Bonchev–Trinajstić information content (AvgIpc) is 2.52. The molecule has 0 atom stereocenters. The van der Waals surface area contributed by atoms with E-state index in [1.807, 2.05) is 26.0 Å². The zero-order valence-electron chi connectivity index (χ0n) is 13.1. The Morgan fingerprint density at radius 3 is 2.00 bits per heavy atom. The lowest BCUT2D eigenvalue weighted by atomic mass is 10.1. The van der Waals surface area contributed by atoms with Gasteiger partial charge in [0.15, 0.2) is 0 Å². The number of methoxy groups -OCH3 is 3. The summed E-state index contributed by atoms with van der Waals surface area (Å²) in [6.07, 6.45) is 0. The fourth-order valence-electron chi connectivity index (χ4n) is 1.93. The van der Waals surface area contributed by atoms with Crippen molar-refractivity contribution in [3.8, 4) is 17.8 Å². The van der Waals surface area contributed by atoms with Crippen molar-refractivity contribution in [2.45, 2.75) is 13.8 Å². The van der Waals surface area contributed by atoms with Gasteiger partial charge >= 0.3 is 12.0 Å². The maximum absolute atomic E-state index is 5.35. The largest absolute Gasteiger partial charge is 0.494 e. The molecular formula is C14H17N5O3. The Hall–Kier alpha value is -2.77. The van der Waals surface area contributed by atoms with Crippen LogP contribution in [0.1, 0.15) is 11.1 Å². The minimum atomic E-state index is 0.0879. The van der Waals surface area contributed by atoms with E-state index in [1.54, 1.807) is 7.11 Å². The standard InChI is InChI=1S/C14H17N5O3/c1-8-6-9(2)11(20-3)10(7-8)18-19-12-15-13(21-4)17-14(16-12)22-5/h6-7H,1-5H3. The Bertz CT molecular complexity index is 681. The van der Waals surface area contributed by atoms with Gasteiger partial charge in [-0.05, 0) is 31.0 Å². The number of ether oxygens (including phenoxy) is 3. The van der Waals surface area contributed by atoms with Gasteiger partial charge in [0.25, 0.3) is 5.95 Å². The average molecular weight is 303 g/mol. The van der Waals surface area contributed by atoms with Crippen LogP contribution in [0, 0.1) is 13.8 Å². The van der Waals surface area contributed by atoms with Gasteiger partial charge in [0, 0.05) is 0 Å². The molecule has 0 aliphatic heterocycles. The second-order valence-corrected chi connectivity index (χ2v) is 4.44. The number of azo groups is 1. The van der Waals surface area contributed by atoms with Crippen LogP contribution < -0.4 is 14.2 Å². The molecule has 8 heteroatoms. The summed E-state index contributed by atoms with van der Waals surface area (Å²) in [5, 5.41) is 8.16. The third-order valence-electron chi connectivity index (χ3n) is 2.80. The van der Waals surface area contributed by atoms with E-state index in [9.17, 15) is 0 Å². The third kappa shape index (κ3) is 3.46. The van der Waals surface area contributed by atoms with Gasteiger partial charge in [-0.15, -0.1) is 15.2 Å². The van der Waals surface area contributed by atoms with Crippen LogP contribution in [0.2, 0.25) is 0 Å². The SMILES string of the molecule is COc1nc(N=Nc2cc(C)cc(C)c2OC)nc(OC)n1. The lowest BCUT2D eigenvalue weighted by molar-refractivity contribution is 0.340. The fraction of sp³-hybridized carbons (Fsp3) is 0.357. The molecule has 0 saturated heterocycles. The number of aromatic nitrogens is 3. The van der Waals surface area contributed by atoms with Crippen molar-refractivity contribution < 1.29 is 14.2 Å². The lowest BCUT2D eigenvalue weighted by Crippen LogP contribution is -1.98. The highest BCUT2D eigenvalue weighted by Crippen LogP contribution is 2.33. The molecular weight excluding hydrogens is 286 g/mol. The van der Waals surface area contributed by atoms with Crippen molar-refractivity contribution in [2.24, 2.45) is 10.2 Å². The highest BCUT2D eigenvalue weighted by molar-refractivity contribution is 5.57. The maximum Gasteiger partial charge on any atom is 0.324 e. The second-order valence-electron chi connectivity index (χ2n) is 4.44. The minimum Gasteiger partial charge on any atom is -0.494 e. The zero-order chi connectivity index (χ0) is 16.1. The molecule has 2 aromatic rings. The first-order valence-corrected chi connectivity index (χ1v) is 6.48. The van der Waals surface area contributed by atoms with Gasteiger partial charge in [-0.2, -0.15) is 9.97 Å². The maximum atomic E-state index is 5.35. The summed E-state index contributed by atoms with van der Waals surface area (Å²) in [5.41, 5.74) is 2.62. The van der Waals surface area contributed by atoms with Gasteiger partial charge in [-0.25, -0.2) is 0 Å². The van der Waals surface area contributed by atoms with E-state index < -0.39 is 0 Å². The van der Waals surface area contributed by atoms with E-state index in [-0.39, 0.29) is 18.0 Å². The Kier molecular flexibility index (Phi) is 4.82. The lowest BCUT2D eigenvalue weighted by Gasteiger charge is -2.08. The van der Waals surface area contributed by atoms with Gasteiger partial charge in [0.05, 0.1) is 21.3 Å². The molecule has 0 unspecified atom stereocenters. The molecule has 22 heavy (non-hydrogen) atoms. The molecule has 116 valence electrons. The number of nitrogens with zero attached hydrogens (tertiary/aromatic N) is 5. The molecule has 1 aromatic carbocycles. The van der Waals surface area contributed by atoms with Gasteiger partial charge in [0.1, 0.15) is 11.4 Å². The molecule has 0 spiro atoms. The van der Waals surface area contributed by atoms with Crippen LogP contribution in [0.25, 0.3) is 0 Å². The highest BCUT2D eigenvalue weighted by Gasteiger charge is 2.09. The Morgan fingerprint density at radius 1 is 0.818 bits per heavy atom. The second kappa shape index (κ2) is 6.79. The van der Waals surface area contributed by atoms with Crippen LogP contribution in [0.3, 0.4) is 0 Å². The summed E-state index contributed by atoms with van der Waals surface area (Å²) in [7, 11) is 4.48. The van der Waals surface area contributed by atoms with Gasteiger partial charge < -0.3 is 14.2 Å². The summed E-state index contributed by atoms with van der Waals surface area (Å²) >= 11 is 0. The molecule has 0 N–H and O–H groups in total. The molecule has 0 radical (unpaired) electrons. The minimum absolute atomic E-state index is 0.0879. The molecule has 1 heterocycles. The van der Waals surface area contributed by atoms with Crippen LogP contribution >= 0.6 is 0 Å². The normalized spacial score (nSPS) is 10.8. The predicted octanol–water partition coefficient (Wildman–Crippen LogP) is 2.93. The molecule has 0 saturated carbocycles. The van der Waals surface area contributed by atoms with Gasteiger partial charge in [-0.1, -0.05) is 6.07 Å². The first-order chi connectivity index (χ1) is 10.6. The number of benzene rings is 1. The van der Waals surface area contributed by atoms with Crippen molar-refractivity contribution in [2.75, 3.05) is 21.3 Å². The van der Waals surface area contributed by atoms with E-state index >= 15 is 0 Å². The number of rotatable bonds is 5. The Labute approximate surface area is 128 Å². The summed E-state index contributed by atoms with van der Waals surface area (Å²) in [5.74, 6) is 0.743. The van der Waals surface area contributed by atoms with E-state index in [4.69, 9.17) is 14.2 Å². The third-order valence-corrected chi connectivity index (χ3v) is 2.80. The Balaban J connectivity index is 2.40. The quantitative estimate of drug-likeness (QED) is 0.789. The van der Waals surface area contributed by atoms with E-state index in [0.29, 0.717) is 11.4 Å². The monoisotopic (exact) mass is 303 g/mol. The van der Waals surface area contributed by atoms with Crippen molar-refractivity contribution >= 4 is 11.6 Å². The summed E-state index contributed by atoms with van der Waals surface area (Å²) in [6, 6.07) is 4.08. The first kappa shape index (κ1) is 15.6. The Morgan fingerprint density at radius 2 is 1.45 bits per heavy atom. The summed E-state index contributed by atoms with van der Waals surface area (Å²) < 4.78 is 15.3. The zero-order valence-corrected chi connectivity index (χ0v) is 13.1. The topological polar surface area (TPSA) is 91.1 Å². The van der Waals surface area contributed by atoms with Crippen LogP contribution in [0.15, 0.2) is 22.4 Å².